The highest BCUT2D eigenvalue weighted by molar-refractivity contribution is 6.30. The third-order valence-corrected chi connectivity index (χ3v) is 5.78. The van der Waals surface area contributed by atoms with E-state index in [0.29, 0.717) is 21.7 Å². The van der Waals surface area contributed by atoms with E-state index in [1.54, 1.807) is 61.5 Å². The molecule has 35 heavy (non-hydrogen) atoms. The number of alkyl halides is 3. The second-order valence-corrected chi connectivity index (χ2v) is 8.38. The van der Waals surface area contributed by atoms with Crippen LogP contribution in [0.4, 0.5) is 13.2 Å². The summed E-state index contributed by atoms with van der Waals surface area (Å²) in [4.78, 5) is 21.4. The van der Waals surface area contributed by atoms with Crippen molar-refractivity contribution in [2.45, 2.75) is 19.6 Å². The summed E-state index contributed by atoms with van der Waals surface area (Å²) in [6, 6.07) is 14.5. The van der Waals surface area contributed by atoms with Crippen molar-refractivity contribution in [2.24, 2.45) is 0 Å². The Kier molecular flexibility index (Phi) is 5.64. The highest BCUT2D eigenvalue weighted by atomic mass is 35.5. The fourth-order valence-corrected chi connectivity index (χ4v) is 4.10. The van der Waals surface area contributed by atoms with Crippen LogP contribution in [0.15, 0.2) is 71.5 Å². The molecule has 0 atom stereocenters. The second-order valence-electron chi connectivity index (χ2n) is 7.94. The Morgan fingerprint density at radius 2 is 1.77 bits per heavy atom. The Morgan fingerprint density at radius 3 is 2.46 bits per heavy atom. The van der Waals surface area contributed by atoms with Gasteiger partial charge in [0.25, 0.3) is 11.7 Å². The number of rotatable bonds is 5. The molecule has 10 heteroatoms. The fraction of sp³-hybridized carbons (Fsp3) is 0.120. The number of ketones is 1. The lowest BCUT2D eigenvalue weighted by Crippen LogP contribution is -2.18. The maximum Gasteiger partial charge on any atom is 0.432 e. The zero-order chi connectivity index (χ0) is 24.7. The summed E-state index contributed by atoms with van der Waals surface area (Å²) >= 11 is 5.93. The van der Waals surface area contributed by atoms with Gasteiger partial charge in [-0.15, -0.1) is 0 Å². The first kappa shape index (κ1) is 22.8. The maximum absolute atomic E-state index is 14.5. The third-order valence-electron chi connectivity index (χ3n) is 5.53. The Hall–Kier alpha value is -3.98. The molecule has 6 nitrogen and oxygen atoms in total. The number of aromatic nitrogens is 4. The van der Waals surface area contributed by atoms with Gasteiger partial charge in [0.2, 0.25) is 5.82 Å². The van der Waals surface area contributed by atoms with Gasteiger partial charge in [-0.05, 0) is 48.9 Å². The first-order valence-corrected chi connectivity index (χ1v) is 10.8. The summed E-state index contributed by atoms with van der Waals surface area (Å²) in [7, 11) is 0. The van der Waals surface area contributed by atoms with E-state index in [-0.39, 0.29) is 23.3 Å². The number of hydrogen-bond acceptors (Lipinski definition) is 5. The first-order valence-electron chi connectivity index (χ1n) is 10.5. The molecule has 0 bridgehead atoms. The molecule has 0 amide bonds. The van der Waals surface area contributed by atoms with Crippen LogP contribution in [0.1, 0.15) is 33.1 Å². The van der Waals surface area contributed by atoms with Gasteiger partial charge in [0.1, 0.15) is 5.69 Å². The first-order chi connectivity index (χ1) is 16.7. The molecule has 0 spiro atoms. The van der Waals surface area contributed by atoms with Crippen LogP contribution in [0.25, 0.3) is 22.3 Å². The maximum atomic E-state index is 14.5. The number of carbonyl (C=O) groups is 1. The average Bonchev–Trinajstić information content (AvgIpc) is 3.44. The predicted octanol–water partition coefficient (Wildman–Crippen LogP) is 6.35. The minimum Gasteiger partial charge on any atom is -0.332 e. The molecule has 176 valence electrons. The Balaban J connectivity index is 1.70. The van der Waals surface area contributed by atoms with Crippen molar-refractivity contribution < 1.29 is 22.5 Å². The molecule has 0 fully saturated rings. The van der Waals surface area contributed by atoms with Crippen LogP contribution in [0.3, 0.4) is 0 Å². The molecular formula is C25H16ClF3N4O2. The lowest BCUT2D eigenvalue weighted by molar-refractivity contribution is -0.143. The van der Waals surface area contributed by atoms with E-state index in [0.717, 1.165) is 4.57 Å². The van der Waals surface area contributed by atoms with Crippen molar-refractivity contribution in [1.82, 2.24) is 19.7 Å². The van der Waals surface area contributed by atoms with Crippen molar-refractivity contribution in [1.29, 1.82) is 0 Å². The molecule has 5 rings (SSSR count). The normalized spacial score (nSPS) is 11.8. The SMILES string of the molecule is Cc1ccc2c(c1)c(C(=O)c1nc(-c3ccncc3)no1)c(C(F)(F)F)n2Cc1ccc(Cl)cc1. The van der Waals surface area contributed by atoms with Crippen LogP contribution in [-0.2, 0) is 12.7 Å². The number of carbonyl (C=O) groups excluding carboxylic acids is 1. The van der Waals surface area contributed by atoms with Gasteiger partial charge in [-0.3, -0.25) is 9.78 Å². The minimum absolute atomic E-state index is 0.0744. The lowest BCUT2D eigenvalue weighted by atomic mass is 10.0. The molecule has 0 aliphatic heterocycles. The van der Waals surface area contributed by atoms with Crippen LogP contribution < -0.4 is 0 Å². The van der Waals surface area contributed by atoms with Gasteiger partial charge in [0, 0.05) is 40.4 Å². The number of nitrogens with zero attached hydrogens (tertiary/aromatic N) is 4. The van der Waals surface area contributed by atoms with Crippen molar-refractivity contribution in [3.63, 3.8) is 0 Å². The summed E-state index contributed by atoms with van der Waals surface area (Å²) in [6.07, 6.45) is -1.83. The summed E-state index contributed by atoms with van der Waals surface area (Å²) in [6.45, 7) is 1.62. The van der Waals surface area contributed by atoms with Crippen LogP contribution in [0, 0.1) is 6.92 Å². The molecular weight excluding hydrogens is 481 g/mol. The molecule has 3 aromatic heterocycles. The molecule has 5 aromatic rings. The average molecular weight is 497 g/mol. The van der Waals surface area contributed by atoms with E-state index >= 15 is 0 Å². The number of benzene rings is 2. The van der Waals surface area contributed by atoms with Crippen LogP contribution >= 0.6 is 11.6 Å². The Labute approximate surface area is 202 Å². The molecule has 0 unspecified atom stereocenters. The topological polar surface area (TPSA) is 73.8 Å². The molecule has 2 aromatic carbocycles. The number of hydrogen-bond donors (Lipinski definition) is 0. The summed E-state index contributed by atoms with van der Waals surface area (Å²) in [5.41, 5.74) is 0.452. The van der Waals surface area contributed by atoms with Crippen molar-refractivity contribution in [3.05, 3.63) is 100 Å². The molecule has 0 N–H and O–H groups in total. The summed E-state index contributed by atoms with van der Waals surface area (Å²) in [5, 5.41) is 4.39. The van der Waals surface area contributed by atoms with Crippen molar-refractivity contribution in [3.8, 4) is 11.4 Å². The molecule has 0 saturated heterocycles. The van der Waals surface area contributed by atoms with E-state index in [2.05, 4.69) is 15.1 Å². The quantitative estimate of drug-likeness (QED) is 0.265. The van der Waals surface area contributed by atoms with Gasteiger partial charge < -0.3 is 9.09 Å². The lowest BCUT2D eigenvalue weighted by Gasteiger charge is -2.14. The predicted molar refractivity (Wildman–Crippen MR) is 123 cm³/mol. The standard InChI is InChI=1S/C25H16ClF3N4O2/c1-14-2-7-19-18(12-14)20(21(34)24-31-23(32-35-24)16-8-10-30-11-9-16)22(25(27,28)29)33(19)13-15-3-5-17(26)6-4-15/h2-12H,13H2,1H3. The van der Waals surface area contributed by atoms with Gasteiger partial charge >= 0.3 is 6.18 Å². The van der Waals surface area contributed by atoms with Gasteiger partial charge in [0.05, 0.1) is 5.56 Å². The van der Waals surface area contributed by atoms with E-state index in [9.17, 15) is 18.0 Å². The van der Waals surface area contributed by atoms with Crippen LogP contribution in [0.5, 0.6) is 0 Å². The van der Waals surface area contributed by atoms with Gasteiger partial charge in [-0.1, -0.05) is 40.5 Å². The zero-order valence-electron chi connectivity index (χ0n) is 18.2. The highest BCUT2D eigenvalue weighted by Crippen LogP contribution is 2.40. The zero-order valence-corrected chi connectivity index (χ0v) is 18.9. The number of aryl methyl sites for hydroxylation is 1. The van der Waals surface area contributed by atoms with Gasteiger partial charge in [-0.2, -0.15) is 18.2 Å². The highest BCUT2D eigenvalue weighted by Gasteiger charge is 2.42. The third kappa shape index (κ3) is 4.30. The number of pyridine rings is 1. The number of halogens is 4. The van der Waals surface area contributed by atoms with E-state index in [1.165, 1.54) is 12.4 Å². The van der Waals surface area contributed by atoms with Crippen molar-refractivity contribution >= 4 is 28.3 Å². The summed E-state index contributed by atoms with van der Waals surface area (Å²) in [5.74, 6) is -1.46. The second kappa shape index (κ2) is 8.66. The van der Waals surface area contributed by atoms with Crippen molar-refractivity contribution in [2.75, 3.05) is 0 Å². The number of fused-ring (bicyclic) bond motifs is 1. The monoisotopic (exact) mass is 496 g/mol. The largest absolute Gasteiger partial charge is 0.432 e. The summed E-state index contributed by atoms with van der Waals surface area (Å²) < 4.78 is 49.7. The van der Waals surface area contributed by atoms with E-state index in [1.807, 2.05) is 0 Å². The molecule has 0 aliphatic rings. The van der Waals surface area contributed by atoms with E-state index in [4.69, 9.17) is 16.1 Å². The smallest absolute Gasteiger partial charge is 0.332 e. The van der Waals surface area contributed by atoms with Crippen LogP contribution in [0.2, 0.25) is 5.02 Å². The molecule has 0 radical (unpaired) electrons. The molecule has 0 saturated carbocycles. The minimum atomic E-state index is -4.84. The van der Waals surface area contributed by atoms with Gasteiger partial charge in [0.15, 0.2) is 0 Å². The fourth-order valence-electron chi connectivity index (χ4n) is 3.97. The Bertz CT molecular complexity index is 1540. The molecule has 3 heterocycles. The molecule has 0 aliphatic carbocycles. The Morgan fingerprint density at radius 1 is 1.06 bits per heavy atom. The van der Waals surface area contributed by atoms with Crippen LogP contribution in [-0.4, -0.2) is 25.5 Å². The van der Waals surface area contributed by atoms with Gasteiger partial charge in [-0.25, -0.2) is 0 Å². The van der Waals surface area contributed by atoms with E-state index < -0.39 is 29.1 Å².